The summed E-state index contributed by atoms with van der Waals surface area (Å²) in [6.07, 6.45) is 1.87. The Hall–Kier alpha value is -2.69. The zero-order chi connectivity index (χ0) is 17.8. The van der Waals surface area contributed by atoms with Gasteiger partial charge in [0.15, 0.2) is 0 Å². The van der Waals surface area contributed by atoms with Gasteiger partial charge in [-0.25, -0.2) is 4.79 Å². The number of nitrogens with one attached hydrogen (secondary N) is 2. The first-order valence-corrected chi connectivity index (χ1v) is 9.21. The average molecular weight is 352 g/mol. The Balaban J connectivity index is 1.20. The van der Waals surface area contributed by atoms with E-state index in [0.717, 1.165) is 24.3 Å². The van der Waals surface area contributed by atoms with Gasteiger partial charge in [-0.05, 0) is 36.1 Å². The molecule has 2 N–H and O–H groups in total. The number of hydrogen-bond donors (Lipinski definition) is 2. The number of para-hydroxylation sites is 2. The Morgan fingerprint density at radius 2 is 1.27 bits per heavy atom. The van der Waals surface area contributed by atoms with Crippen molar-refractivity contribution < 1.29 is 14.3 Å². The number of carbonyl (C=O) groups excluding carboxylic acids is 1. The number of amides is 2. The summed E-state index contributed by atoms with van der Waals surface area (Å²) in [7, 11) is 0. The Morgan fingerprint density at radius 3 is 1.77 bits per heavy atom. The van der Waals surface area contributed by atoms with Crippen LogP contribution in [0.4, 0.5) is 4.79 Å². The van der Waals surface area contributed by atoms with E-state index in [1.54, 1.807) is 0 Å². The number of fused-ring (bicyclic) bond motifs is 2. The lowest BCUT2D eigenvalue weighted by atomic mass is 9.96. The SMILES string of the molecule is O=C(NCC1COc2ccccc2C1)NCC1COc2ccccc2C1. The van der Waals surface area contributed by atoms with E-state index in [0.29, 0.717) is 38.1 Å². The van der Waals surface area contributed by atoms with E-state index in [9.17, 15) is 4.79 Å². The van der Waals surface area contributed by atoms with Crippen LogP contribution in [0.15, 0.2) is 48.5 Å². The molecule has 2 unspecified atom stereocenters. The minimum absolute atomic E-state index is 0.122. The third kappa shape index (κ3) is 3.93. The molecular formula is C21H24N2O3. The third-order valence-corrected chi connectivity index (χ3v) is 5.01. The second-order valence-corrected chi connectivity index (χ2v) is 7.07. The van der Waals surface area contributed by atoms with E-state index in [1.165, 1.54) is 11.1 Å². The van der Waals surface area contributed by atoms with Gasteiger partial charge in [-0.1, -0.05) is 36.4 Å². The Bertz CT molecular complexity index is 714. The molecule has 136 valence electrons. The molecule has 2 aliphatic rings. The van der Waals surface area contributed by atoms with Crippen LogP contribution in [0.1, 0.15) is 11.1 Å². The molecule has 26 heavy (non-hydrogen) atoms. The summed E-state index contributed by atoms with van der Waals surface area (Å²) < 4.78 is 11.5. The molecule has 0 bridgehead atoms. The standard InChI is InChI=1S/C21H24N2O3/c24-21(22-11-15-9-17-5-1-3-7-19(17)25-13-15)23-12-16-10-18-6-2-4-8-20(18)26-14-16/h1-8,15-16H,9-14H2,(H2,22,23,24). The summed E-state index contributed by atoms with van der Waals surface area (Å²) in [6.45, 7) is 2.52. The molecule has 2 heterocycles. The molecule has 0 fully saturated rings. The van der Waals surface area contributed by atoms with Crippen LogP contribution in [0.25, 0.3) is 0 Å². The number of ether oxygens (including phenoxy) is 2. The molecule has 0 saturated carbocycles. The number of rotatable bonds is 4. The second kappa shape index (κ2) is 7.68. The van der Waals surface area contributed by atoms with Gasteiger partial charge in [0.1, 0.15) is 11.5 Å². The van der Waals surface area contributed by atoms with Crippen molar-refractivity contribution >= 4 is 6.03 Å². The third-order valence-electron chi connectivity index (χ3n) is 5.01. The van der Waals surface area contributed by atoms with Crippen molar-refractivity contribution in [3.8, 4) is 11.5 Å². The Kier molecular flexibility index (Phi) is 4.95. The Morgan fingerprint density at radius 1 is 0.808 bits per heavy atom. The topological polar surface area (TPSA) is 59.6 Å². The molecule has 0 radical (unpaired) electrons. The van der Waals surface area contributed by atoms with Crippen molar-refractivity contribution in [3.05, 3.63) is 59.7 Å². The van der Waals surface area contributed by atoms with Crippen molar-refractivity contribution in [2.75, 3.05) is 26.3 Å². The fourth-order valence-corrected chi connectivity index (χ4v) is 3.58. The number of hydrogen-bond acceptors (Lipinski definition) is 3. The van der Waals surface area contributed by atoms with Gasteiger partial charge >= 0.3 is 6.03 Å². The van der Waals surface area contributed by atoms with Crippen molar-refractivity contribution in [2.24, 2.45) is 11.8 Å². The maximum Gasteiger partial charge on any atom is 0.314 e. The minimum Gasteiger partial charge on any atom is -0.493 e. The van der Waals surface area contributed by atoms with E-state index in [-0.39, 0.29) is 6.03 Å². The van der Waals surface area contributed by atoms with Gasteiger partial charge < -0.3 is 20.1 Å². The van der Waals surface area contributed by atoms with E-state index in [1.807, 2.05) is 36.4 Å². The van der Waals surface area contributed by atoms with Gasteiger partial charge in [0, 0.05) is 24.9 Å². The summed E-state index contributed by atoms with van der Waals surface area (Å²) in [5.74, 6) is 2.54. The predicted octanol–water partition coefficient (Wildman–Crippen LogP) is 2.79. The highest BCUT2D eigenvalue weighted by molar-refractivity contribution is 5.73. The van der Waals surface area contributed by atoms with Crippen molar-refractivity contribution in [3.63, 3.8) is 0 Å². The van der Waals surface area contributed by atoms with Crippen LogP contribution in [-0.2, 0) is 12.8 Å². The first-order chi connectivity index (χ1) is 12.8. The fraction of sp³-hybridized carbons (Fsp3) is 0.381. The first-order valence-electron chi connectivity index (χ1n) is 9.21. The van der Waals surface area contributed by atoms with Crippen LogP contribution in [0.3, 0.4) is 0 Å². The maximum absolute atomic E-state index is 12.1. The highest BCUT2D eigenvalue weighted by Gasteiger charge is 2.22. The van der Waals surface area contributed by atoms with Gasteiger partial charge in [-0.2, -0.15) is 0 Å². The average Bonchev–Trinajstić information content (AvgIpc) is 2.70. The summed E-state index contributed by atoms with van der Waals surface area (Å²) in [5, 5.41) is 5.94. The lowest BCUT2D eigenvalue weighted by Crippen LogP contribution is -2.43. The molecule has 2 aromatic carbocycles. The lowest BCUT2D eigenvalue weighted by Gasteiger charge is -2.26. The smallest absolute Gasteiger partial charge is 0.314 e. The number of urea groups is 1. The summed E-state index contributed by atoms with van der Waals surface area (Å²) >= 11 is 0. The molecule has 4 rings (SSSR count). The first kappa shape index (κ1) is 16.8. The predicted molar refractivity (Wildman–Crippen MR) is 99.7 cm³/mol. The van der Waals surface area contributed by atoms with Gasteiger partial charge in [0.05, 0.1) is 13.2 Å². The highest BCUT2D eigenvalue weighted by Crippen LogP contribution is 2.27. The summed E-state index contributed by atoms with van der Waals surface area (Å²) in [4.78, 5) is 12.1. The molecule has 2 aromatic rings. The van der Waals surface area contributed by atoms with E-state index in [4.69, 9.17) is 9.47 Å². The largest absolute Gasteiger partial charge is 0.493 e. The minimum atomic E-state index is -0.122. The second-order valence-electron chi connectivity index (χ2n) is 7.07. The molecule has 0 saturated heterocycles. The lowest BCUT2D eigenvalue weighted by molar-refractivity contribution is 0.203. The van der Waals surface area contributed by atoms with Crippen LogP contribution in [0.2, 0.25) is 0 Å². The molecule has 5 nitrogen and oxygen atoms in total. The molecule has 0 aromatic heterocycles. The highest BCUT2D eigenvalue weighted by atomic mass is 16.5. The van der Waals surface area contributed by atoms with Gasteiger partial charge in [0.25, 0.3) is 0 Å². The van der Waals surface area contributed by atoms with Gasteiger partial charge in [0.2, 0.25) is 0 Å². The van der Waals surface area contributed by atoms with Crippen LogP contribution in [-0.4, -0.2) is 32.3 Å². The normalized spacial score (nSPS) is 20.8. The van der Waals surface area contributed by atoms with E-state index in [2.05, 4.69) is 22.8 Å². The molecule has 2 amide bonds. The van der Waals surface area contributed by atoms with Crippen LogP contribution >= 0.6 is 0 Å². The molecule has 0 aliphatic carbocycles. The van der Waals surface area contributed by atoms with Crippen LogP contribution in [0, 0.1) is 11.8 Å². The molecule has 0 spiro atoms. The van der Waals surface area contributed by atoms with Crippen molar-refractivity contribution in [1.29, 1.82) is 0 Å². The monoisotopic (exact) mass is 352 g/mol. The Labute approximate surface area is 153 Å². The number of carbonyl (C=O) groups is 1. The molecule has 2 aliphatic heterocycles. The zero-order valence-corrected chi connectivity index (χ0v) is 14.7. The zero-order valence-electron chi connectivity index (χ0n) is 14.7. The molecule has 2 atom stereocenters. The van der Waals surface area contributed by atoms with E-state index < -0.39 is 0 Å². The summed E-state index contributed by atoms with van der Waals surface area (Å²) in [6, 6.07) is 16.1. The maximum atomic E-state index is 12.1. The molecular weight excluding hydrogens is 328 g/mol. The molecule has 5 heteroatoms. The number of benzene rings is 2. The van der Waals surface area contributed by atoms with Gasteiger partial charge in [-0.3, -0.25) is 0 Å². The van der Waals surface area contributed by atoms with E-state index >= 15 is 0 Å². The quantitative estimate of drug-likeness (QED) is 0.890. The van der Waals surface area contributed by atoms with Crippen molar-refractivity contribution in [1.82, 2.24) is 10.6 Å². The fourth-order valence-electron chi connectivity index (χ4n) is 3.58. The van der Waals surface area contributed by atoms with Crippen molar-refractivity contribution in [2.45, 2.75) is 12.8 Å². The van der Waals surface area contributed by atoms with Gasteiger partial charge in [-0.15, -0.1) is 0 Å². The summed E-state index contributed by atoms with van der Waals surface area (Å²) in [5.41, 5.74) is 2.42. The van der Waals surface area contributed by atoms with Crippen LogP contribution < -0.4 is 20.1 Å². The van der Waals surface area contributed by atoms with Crippen LogP contribution in [0.5, 0.6) is 11.5 Å².